The molecule has 0 unspecified atom stereocenters. The van der Waals surface area contributed by atoms with Crippen LogP contribution in [0.4, 0.5) is 0 Å². The minimum Gasteiger partial charge on any atom is -0.541 e. The number of fused-ring (bicyclic) bond motifs is 7. The van der Waals surface area contributed by atoms with Crippen LogP contribution in [-0.4, -0.2) is 23.8 Å². The molecule has 4 fully saturated rings. The van der Waals surface area contributed by atoms with Crippen molar-refractivity contribution in [3.05, 3.63) is 11.6 Å². The molecule has 0 heterocycles. The molecule has 9 atom stereocenters. The number of carbonyl (C=O) groups excluding carboxylic acids is 2. The van der Waals surface area contributed by atoms with E-state index in [1.54, 1.807) is 0 Å². The number of aliphatic hydroxyl groups excluding tert-OH is 1. The second kappa shape index (κ2) is 10.2. The van der Waals surface area contributed by atoms with Crippen LogP contribution in [0.3, 0.4) is 0 Å². The van der Waals surface area contributed by atoms with Crippen LogP contribution >= 0.6 is 0 Å². The summed E-state index contributed by atoms with van der Waals surface area (Å²) in [6, 6.07) is 0. The Morgan fingerprint density at radius 2 is 1.54 bits per heavy atom. The normalized spacial score (nSPS) is 49.7. The van der Waals surface area contributed by atoms with Gasteiger partial charge in [-0.3, -0.25) is 11.1 Å². The number of ketones is 1. The first kappa shape index (κ1) is 33.4. The summed E-state index contributed by atoms with van der Waals surface area (Å²) in [5, 5.41) is 10.1. The van der Waals surface area contributed by atoms with E-state index in [0.717, 1.165) is 51.4 Å². The van der Waals surface area contributed by atoms with Crippen molar-refractivity contribution in [3.63, 3.8) is 0 Å². The summed E-state index contributed by atoms with van der Waals surface area (Å²) in [4.78, 5) is 26.2. The fourth-order valence-corrected chi connectivity index (χ4v) is 10.7. The molecule has 0 aromatic rings. The molecule has 1 radical (unpaired) electrons. The molecule has 4 heteroatoms. The van der Waals surface area contributed by atoms with Crippen molar-refractivity contribution in [1.29, 1.82) is 0 Å². The number of rotatable bonds is 2. The molecule has 0 aliphatic heterocycles. The fraction of sp³-hybridized carbons (Fsp3) is 0.879. The summed E-state index contributed by atoms with van der Waals surface area (Å²) in [6.07, 6.45) is 13.9. The van der Waals surface area contributed by atoms with Crippen LogP contribution < -0.4 is 0 Å². The zero-order valence-corrected chi connectivity index (χ0v) is 26.1. The van der Waals surface area contributed by atoms with E-state index >= 15 is 0 Å². The van der Waals surface area contributed by atoms with Gasteiger partial charge in [0.2, 0.25) is 0 Å². The van der Waals surface area contributed by atoms with E-state index < -0.39 is 0 Å². The summed E-state index contributed by atoms with van der Waals surface area (Å²) in [5.41, 5.74) is 1.14. The zero-order valence-electron chi connectivity index (χ0n) is 23.3. The summed E-state index contributed by atoms with van der Waals surface area (Å²) < 4.78 is 0. The quantitative estimate of drug-likeness (QED) is 0.333. The number of carbonyl (C=O) groups is 1. The SMILES string of the molecule is C.C.CC1(C)[C@@H](CO)CC[C@]2(C)[C@H]3C(=O)C=C4[C@@H]5C[C@@](C)([C-]=O)CC[C@]5(C)CC[C@@]4(C)[C@]3(C)CC[C@@H]12.[Y]. The predicted molar refractivity (Wildman–Crippen MR) is 149 cm³/mol. The van der Waals surface area contributed by atoms with Crippen molar-refractivity contribution >= 4 is 12.1 Å². The third-order valence-corrected chi connectivity index (χ3v) is 13.3. The van der Waals surface area contributed by atoms with E-state index in [1.807, 2.05) is 0 Å². The van der Waals surface area contributed by atoms with Gasteiger partial charge in [0.25, 0.3) is 0 Å². The minimum atomic E-state index is -0.388. The number of hydrogen-bond donors (Lipinski definition) is 1. The molecule has 1 N–H and O–H groups in total. The van der Waals surface area contributed by atoms with Gasteiger partial charge in [-0.05, 0) is 95.9 Å². The molecule has 37 heavy (non-hydrogen) atoms. The van der Waals surface area contributed by atoms with Crippen molar-refractivity contribution in [2.75, 3.05) is 6.61 Å². The Bertz CT molecular complexity index is 940. The molecule has 0 amide bonds. The minimum absolute atomic E-state index is 0. The van der Waals surface area contributed by atoms with Crippen molar-refractivity contribution < 1.29 is 47.4 Å². The molecule has 209 valence electrons. The first-order valence-corrected chi connectivity index (χ1v) is 14.0. The van der Waals surface area contributed by atoms with Gasteiger partial charge in [0.05, 0.1) is 0 Å². The fourth-order valence-electron chi connectivity index (χ4n) is 10.7. The molecule has 0 spiro atoms. The maximum atomic E-state index is 14.3. The topological polar surface area (TPSA) is 54.4 Å². The van der Waals surface area contributed by atoms with Crippen LogP contribution in [0.2, 0.25) is 0 Å². The Kier molecular flexibility index (Phi) is 9.20. The Morgan fingerprint density at radius 1 is 0.919 bits per heavy atom. The standard InChI is InChI=1S/C31H47O3.2CH4.Y/c1-26(2)20(18-32)8-10-29(5)24(26)9-11-31(7)25(29)23(34)16-21-22-17-27(3,19-33)12-13-28(22,4)14-15-30(21,31)6;;;/h16,20,22,24-25,32H,8-15,17-18H2,1-7H3;2*1H4;/q-1;;;/t20-,22+,24+,25-,27+,28-,29+,30-,31-;;;/m1.../s1. The Morgan fingerprint density at radius 3 is 2.14 bits per heavy atom. The van der Waals surface area contributed by atoms with E-state index in [9.17, 15) is 14.7 Å². The molecule has 5 aliphatic carbocycles. The second-order valence-corrected chi connectivity index (χ2v) is 15.1. The van der Waals surface area contributed by atoms with Gasteiger partial charge in [-0.15, -0.1) is 5.41 Å². The van der Waals surface area contributed by atoms with E-state index in [4.69, 9.17) is 0 Å². The van der Waals surface area contributed by atoms with E-state index in [-0.39, 0.29) is 92.6 Å². The van der Waals surface area contributed by atoms with E-state index in [0.29, 0.717) is 23.5 Å². The Balaban J connectivity index is 0.00000160. The van der Waals surface area contributed by atoms with Crippen LogP contribution in [0.15, 0.2) is 11.6 Å². The van der Waals surface area contributed by atoms with Crippen LogP contribution in [0.25, 0.3) is 0 Å². The van der Waals surface area contributed by atoms with Gasteiger partial charge in [0.1, 0.15) is 0 Å². The summed E-state index contributed by atoms with van der Waals surface area (Å²) in [6.45, 7) is 16.8. The van der Waals surface area contributed by atoms with E-state index in [2.05, 4.69) is 60.8 Å². The monoisotopic (exact) mass is 588 g/mol. The third kappa shape index (κ3) is 4.29. The smallest absolute Gasteiger partial charge is 0.159 e. The average Bonchev–Trinajstić information content (AvgIpc) is 2.76. The number of allylic oxidation sites excluding steroid dienone is 2. The third-order valence-electron chi connectivity index (χ3n) is 13.3. The first-order valence-electron chi connectivity index (χ1n) is 14.0. The van der Waals surface area contributed by atoms with Gasteiger partial charge in [-0.1, -0.05) is 81.7 Å². The van der Waals surface area contributed by atoms with Gasteiger partial charge in [0, 0.05) is 45.2 Å². The zero-order chi connectivity index (χ0) is 24.9. The van der Waals surface area contributed by atoms with Crippen LogP contribution in [-0.2, 0) is 42.3 Å². The number of aliphatic hydroxyl groups is 1. The van der Waals surface area contributed by atoms with Gasteiger partial charge < -0.3 is 9.90 Å². The van der Waals surface area contributed by atoms with E-state index in [1.165, 1.54) is 12.0 Å². The van der Waals surface area contributed by atoms with Crippen LogP contribution in [0, 0.1) is 56.2 Å². The van der Waals surface area contributed by atoms with Gasteiger partial charge in [0.15, 0.2) is 5.78 Å². The molecule has 5 rings (SSSR count). The molecule has 0 bridgehead atoms. The Labute approximate surface area is 253 Å². The van der Waals surface area contributed by atoms with Crippen molar-refractivity contribution in [3.8, 4) is 0 Å². The van der Waals surface area contributed by atoms with Gasteiger partial charge >= 0.3 is 0 Å². The number of hydrogen-bond acceptors (Lipinski definition) is 3. The summed E-state index contributed by atoms with van der Waals surface area (Å²) in [7, 11) is 0. The maximum absolute atomic E-state index is 14.3. The van der Waals surface area contributed by atoms with Crippen LogP contribution in [0.1, 0.15) is 121 Å². The Hall–Kier alpha value is 0.144. The summed E-state index contributed by atoms with van der Waals surface area (Å²) >= 11 is 0. The predicted octanol–water partition coefficient (Wildman–Crippen LogP) is 7.96. The molecule has 3 nitrogen and oxygen atoms in total. The molecule has 0 aromatic carbocycles. The average molecular weight is 589 g/mol. The largest absolute Gasteiger partial charge is 0.541 e. The van der Waals surface area contributed by atoms with Gasteiger partial charge in [-0.25, -0.2) is 0 Å². The second-order valence-electron chi connectivity index (χ2n) is 15.1. The molecular weight excluding hydrogens is 533 g/mol. The first-order chi connectivity index (χ1) is 15.7. The van der Waals surface area contributed by atoms with Gasteiger partial charge in [-0.2, -0.15) is 0 Å². The molecular formula is C33H55O3Y-. The maximum Gasteiger partial charge on any atom is 0.159 e. The van der Waals surface area contributed by atoms with Crippen molar-refractivity contribution in [1.82, 2.24) is 0 Å². The molecule has 4 saturated carbocycles. The van der Waals surface area contributed by atoms with Crippen molar-refractivity contribution in [2.24, 2.45) is 56.2 Å². The summed E-state index contributed by atoms with van der Waals surface area (Å²) in [5.74, 6) is 1.49. The molecule has 0 aromatic heterocycles. The molecule has 0 saturated heterocycles. The van der Waals surface area contributed by atoms with Crippen LogP contribution in [0.5, 0.6) is 0 Å². The molecule has 5 aliphatic rings. The van der Waals surface area contributed by atoms with Crippen molar-refractivity contribution in [2.45, 2.75) is 121 Å².